The summed E-state index contributed by atoms with van der Waals surface area (Å²) in [4.78, 5) is 22.7. The third kappa shape index (κ3) is 2.01. The number of fused-ring (bicyclic) bond motifs is 1. The van der Waals surface area contributed by atoms with Crippen molar-refractivity contribution in [3.8, 4) is 5.82 Å². The predicted molar refractivity (Wildman–Crippen MR) is 71.3 cm³/mol. The molecule has 0 saturated carbocycles. The number of nitrogens with one attached hydrogen (secondary N) is 1. The number of nitrogens with zero attached hydrogens (tertiary/aromatic N) is 4. The van der Waals surface area contributed by atoms with Crippen LogP contribution in [0.1, 0.15) is 18.9 Å². The van der Waals surface area contributed by atoms with Crippen LogP contribution in [0.5, 0.6) is 0 Å². The fraction of sp³-hybridized carbons (Fsp3) is 0.231. The van der Waals surface area contributed by atoms with E-state index in [1.807, 2.05) is 12.4 Å². The van der Waals surface area contributed by atoms with Crippen LogP contribution in [0.15, 0.2) is 35.8 Å². The van der Waals surface area contributed by atoms with Crippen LogP contribution in [-0.2, 0) is 6.42 Å². The van der Waals surface area contributed by atoms with Gasteiger partial charge in [-0.2, -0.15) is 5.10 Å². The smallest absolute Gasteiger partial charge is 0.258 e. The van der Waals surface area contributed by atoms with E-state index < -0.39 is 0 Å². The fourth-order valence-corrected chi connectivity index (χ4v) is 2.05. The zero-order valence-corrected chi connectivity index (χ0v) is 10.5. The van der Waals surface area contributed by atoms with Crippen molar-refractivity contribution in [1.29, 1.82) is 0 Å². The molecular formula is C13H13N5O. The van der Waals surface area contributed by atoms with Crippen molar-refractivity contribution in [1.82, 2.24) is 24.7 Å². The highest BCUT2D eigenvalue weighted by Gasteiger charge is 2.09. The lowest BCUT2D eigenvalue weighted by molar-refractivity contribution is 0.849. The van der Waals surface area contributed by atoms with Gasteiger partial charge in [0.1, 0.15) is 5.52 Å². The molecule has 0 unspecified atom stereocenters. The molecule has 0 radical (unpaired) electrons. The molecule has 0 saturated heterocycles. The van der Waals surface area contributed by atoms with Gasteiger partial charge in [0.2, 0.25) is 0 Å². The molecule has 3 aromatic rings. The van der Waals surface area contributed by atoms with Gasteiger partial charge in [0, 0.05) is 12.4 Å². The third-order valence-corrected chi connectivity index (χ3v) is 2.93. The molecule has 0 aliphatic carbocycles. The number of H-pyrrole nitrogens is 1. The predicted octanol–water partition coefficient (Wildman–Crippen LogP) is 1.46. The summed E-state index contributed by atoms with van der Waals surface area (Å²) in [5, 5.41) is 4.80. The standard InChI is InChI=1S/C13H13N5O/c1-2-3-9-6-17-18(7-9)12-11-10(4-5-14-12)13(19)16-8-15-11/h4-8H,2-3H2,1H3,(H,15,16,19). The Morgan fingerprint density at radius 3 is 3.11 bits per heavy atom. The maximum absolute atomic E-state index is 11.7. The highest BCUT2D eigenvalue weighted by atomic mass is 16.1. The van der Waals surface area contributed by atoms with Crippen molar-refractivity contribution >= 4 is 10.9 Å². The molecule has 0 spiro atoms. The molecule has 0 bridgehead atoms. The lowest BCUT2D eigenvalue weighted by Gasteiger charge is -2.03. The Morgan fingerprint density at radius 1 is 1.37 bits per heavy atom. The molecule has 3 rings (SSSR count). The van der Waals surface area contributed by atoms with Crippen molar-refractivity contribution in [2.75, 3.05) is 0 Å². The topological polar surface area (TPSA) is 76.5 Å². The van der Waals surface area contributed by atoms with E-state index in [-0.39, 0.29) is 5.56 Å². The zero-order chi connectivity index (χ0) is 13.2. The summed E-state index contributed by atoms with van der Waals surface area (Å²) < 4.78 is 1.67. The molecule has 6 heteroatoms. The van der Waals surface area contributed by atoms with Crippen molar-refractivity contribution in [3.63, 3.8) is 0 Å². The molecule has 3 aromatic heterocycles. The van der Waals surface area contributed by atoms with Crippen LogP contribution in [0, 0.1) is 0 Å². The van der Waals surface area contributed by atoms with Gasteiger partial charge in [-0.15, -0.1) is 0 Å². The van der Waals surface area contributed by atoms with Crippen molar-refractivity contribution < 1.29 is 0 Å². The average Bonchev–Trinajstić information content (AvgIpc) is 2.88. The number of aromatic amines is 1. The van der Waals surface area contributed by atoms with Gasteiger partial charge < -0.3 is 4.98 Å². The molecule has 6 nitrogen and oxygen atoms in total. The highest BCUT2D eigenvalue weighted by molar-refractivity contribution is 5.83. The van der Waals surface area contributed by atoms with E-state index in [1.54, 1.807) is 16.9 Å². The Kier molecular flexibility index (Phi) is 2.83. The first-order chi connectivity index (χ1) is 9.29. The Morgan fingerprint density at radius 2 is 2.26 bits per heavy atom. The second kappa shape index (κ2) is 4.64. The van der Waals surface area contributed by atoms with E-state index in [2.05, 4.69) is 27.0 Å². The van der Waals surface area contributed by atoms with E-state index in [0.29, 0.717) is 16.7 Å². The van der Waals surface area contributed by atoms with Gasteiger partial charge in [-0.3, -0.25) is 4.79 Å². The van der Waals surface area contributed by atoms with E-state index in [9.17, 15) is 4.79 Å². The summed E-state index contributed by atoms with van der Waals surface area (Å²) in [6.07, 6.45) is 8.75. The van der Waals surface area contributed by atoms with E-state index in [0.717, 1.165) is 18.4 Å². The quantitative estimate of drug-likeness (QED) is 0.768. The number of aromatic nitrogens is 5. The normalized spacial score (nSPS) is 11.0. The summed E-state index contributed by atoms with van der Waals surface area (Å²) in [5.41, 5.74) is 1.53. The number of aryl methyl sites for hydroxylation is 1. The molecule has 3 heterocycles. The van der Waals surface area contributed by atoms with Gasteiger partial charge >= 0.3 is 0 Å². The summed E-state index contributed by atoms with van der Waals surface area (Å²) in [7, 11) is 0. The Bertz CT molecular complexity index is 774. The zero-order valence-electron chi connectivity index (χ0n) is 10.5. The number of pyridine rings is 1. The number of hydrogen-bond donors (Lipinski definition) is 1. The van der Waals surface area contributed by atoms with Crippen LogP contribution in [0.3, 0.4) is 0 Å². The average molecular weight is 255 g/mol. The van der Waals surface area contributed by atoms with Crippen molar-refractivity contribution in [2.24, 2.45) is 0 Å². The Balaban J connectivity index is 2.19. The van der Waals surface area contributed by atoms with Gasteiger partial charge in [0.15, 0.2) is 5.82 Å². The second-order valence-corrected chi connectivity index (χ2v) is 4.31. The van der Waals surface area contributed by atoms with Crippen LogP contribution >= 0.6 is 0 Å². The summed E-state index contributed by atoms with van der Waals surface area (Å²) in [5.74, 6) is 0.575. The number of hydrogen-bond acceptors (Lipinski definition) is 4. The van der Waals surface area contributed by atoms with Gasteiger partial charge in [0.25, 0.3) is 5.56 Å². The minimum absolute atomic E-state index is 0.172. The van der Waals surface area contributed by atoms with Crippen molar-refractivity contribution in [2.45, 2.75) is 19.8 Å². The molecule has 1 N–H and O–H groups in total. The molecule has 0 aliphatic heterocycles. The lowest BCUT2D eigenvalue weighted by Crippen LogP contribution is -2.09. The Hall–Kier alpha value is -2.50. The van der Waals surface area contributed by atoms with Gasteiger partial charge in [-0.1, -0.05) is 13.3 Å². The maximum atomic E-state index is 11.7. The molecule has 96 valence electrons. The minimum atomic E-state index is -0.172. The molecular weight excluding hydrogens is 242 g/mol. The monoisotopic (exact) mass is 255 g/mol. The highest BCUT2D eigenvalue weighted by Crippen LogP contribution is 2.14. The van der Waals surface area contributed by atoms with Gasteiger partial charge in [-0.05, 0) is 18.1 Å². The largest absolute Gasteiger partial charge is 0.313 e. The summed E-state index contributed by atoms with van der Waals surface area (Å²) >= 11 is 0. The first-order valence-corrected chi connectivity index (χ1v) is 6.16. The third-order valence-electron chi connectivity index (χ3n) is 2.93. The van der Waals surface area contributed by atoms with E-state index in [1.165, 1.54) is 6.33 Å². The maximum Gasteiger partial charge on any atom is 0.258 e. The summed E-state index contributed by atoms with van der Waals surface area (Å²) in [6.45, 7) is 2.12. The van der Waals surface area contributed by atoms with Gasteiger partial charge in [-0.25, -0.2) is 14.6 Å². The van der Waals surface area contributed by atoms with E-state index in [4.69, 9.17) is 0 Å². The molecule has 0 aromatic carbocycles. The first kappa shape index (κ1) is 11.6. The van der Waals surface area contributed by atoms with Crippen LogP contribution in [0.25, 0.3) is 16.7 Å². The van der Waals surface area contributed by atoms with Crippen molar-refractivity contribution in [3.05, 3.63) is 46.9 Å². The molecule has 0 amide bonds. The molecule has 0 fully saturated rings. The van der Waals surface area contributed by atoms with Crippen LogP contribution < -0.4 is 5.56 Å². The molecule has 0 atom stereocenters. The molecule has 19 heavy (non-hydrogen) atoms. The Labute approximate surface area is 109 Å². The van der Waals surface area contributed by atoms with Crippen LogP contribution in [-0.4, -0.2) is 24.7 Å². The molecule has 0 aliphatic rings. The minimum Gasteiger partial charge on any atom is -0.313 e. The summed E-state index contributed by atoms with van der Waals surface area (Å²) in [6, 6.07) is 1.65. The fourth-order valence-electron chi connectivity index (χ4n) is 2.05. The van der Waals surface area contributed by atoms with Gasteiger partial charge in [0.05, 0.1) is 17.9 Å². The second-order valence-electron chi connectivity index (χ2n) is 4.31. The van der Waals surface area contributed by atoms with E-state index >= 15 is 0 Å². The first-order valence-electron chi connectivity index (χ1n) is 6.16. The SMILES string of the molecule is CCCc1cnn(-c2nccc3c(=O)[nH]cnc23)c1. The van der Waals surface area contributed by atoms with Crippen LogP contribution in [0.2, 0.25) is 0 Å². The van der Waals surface area contributed by atoms with Crippen LogP contribution in [0.4, 0.5) is 0 Å². The lowest BCUT2D eigenvalue weighted by atomic mass is 10.2. The number of rotatable bonds is 3.